The van der Waals surface area contributed by atoms with Crippen molar-refractivity contribution in [2.45, 2.75) is 13.8 Å². The predicted octanol–water partition coefficient (Wildman–Crippen LogP) is 3.27. The highest BCUT2D eigenvalue weighted by atomic mass is 15.1. The Balaban J connectivity index is 2.16. The van der Waals surface area contributed by atoms with E-state index in [1.54, 1.807) is 0 Å². The number of aromatic nitrogens is 4. The van der Waals surface area contributed by atoms with Gasteiger partial charge in [0, 0.05) is 12.4 Å². The van der Waals surface area contributed by atoms with Crippen LogP contribution in [0.15, 0.2) is 48.8 Å². The highest BCUT2D eigenvalue weighted by Crippen LogP contribution is 2.28. The van der Waals surface area contributed by atoms with Crippen LogP contribution in [0.3, 0.4) is 0 Å². The van der Waals surface area contributed by atoms with E-state index in [4.69, 9.17) is 0 Å². The molecule has 0 aliphatic rings. The third-order valence-corrected chi connectivity index (χ3v) is 3.63. The third kappa shape index (κ3) is 1.42. The molecule has 0 saturated carbocycles. The monoisotopic (exact) mass is 262 g/mol. The van der Waals surface area contributed by atoms with Crippen LogP contribution in [0.2, 0.25) is 0 Å². The summed E-state index contributed by atoms with van der Waals surface area (Å²) in [6.45, 7) is 4.09. The zero-order chi connectivity index (χ0) is 13.7. The number of fused-ring (bicyclic) bond motifs is 2. The number of nitrogens with zero attached hydrogens (tertiary/aromatic N) is 4. The van der Waals surface area contributed by atoms with Crippen LogP contribution in [-0.2, 0) is 0 Å². The summed E-state index contributed by atoms with van der Waals surface area (Å²) in [5.74, 6) is 0. The van der Waals surface area contributed by atoms with Crippen LogP contribution < -0.4 is 0 Å². The first-order chi connectivity index (χ1) is 9.75. The van der Waals surface area contributed by atoms with Gasteiger partial charge in [-0.3, -0.25) is 8.80 Å². The number of rotatable bonds is 1. The Hall–Kier alpha value is -2.62. The maximum absolute atomic E-state index is 4.64. The number of aryl methyl sites for hydroxylation is 2. The first-order valence-electron chi connectivity index (χ1n) is 6.63. The van der Waals surface area contributed by atoms with E-state index in [0.29, 0.717) is 0 Å². The summed E-state index contributed by atoms with van der Waals surface area (Å²) in [6.07, 6.45) is 4.10. The van der Waals surface area contributed by atoms with E-state index in [-0.39, 0.29) is 0 Å². The van der Waals surface area contributed by atoms with E-state index in [1.165, 1.54) is 0 Å². The fourth-order valence-corrected chi connectivity index (χ4v) is 2.80. The van der Waals surface area contributed by atoms with E-state index in [9.17, 15) is 0 Å². The normalized spacial score (nSPS) is 11.5. The van der Waals surface area contributed by atoms with Crippen molar-refractivity contribution in [3.63, 3.8) is 0 Å². The molecule has 0 unspecified atom stereocenters. The van der Waals surface area contributed by atoms with Gasteiger partial charge in [-0.25, -0.2) is 9.97 Å². The summed E-state index contributed by atoms with van der Waals surface area (Å²) in [4.78, 5) is 9.28. The Morgan fingerprint density at radius 3 is 1.60 bits per heavy atom. The molecule has 0 aliphatic carbocycles. The van der Waals surface area contributed by atoms with E-state index in [1.807, 2.05) is 62.6 Å². The fourth-order valence-electron chi connectivity index (χ4n) is 2.80. The van der Waals surface area contributed by atoms with Crippen molar-refractivity contribution >= 4 is 11.3 Å². The SMILES string of the molecule is Cc1nc2ccccn2c1-c1c(C)nc2ccccn12. The van der Waals surface area contributed by atoms with Crippen LogP contribution in [0, 0.1) is 13.8 Å². The fraction of sp³-hybridized carbons (Fsp3) is 0.125. The summed E-state index contributed by atoms with van der Waals surface area (Å²) in [6, 6.07) is 12.1. The third-order valence-electron chi connectivity index (χ3n) is 3.63. The molecule has 4 aromatic heterocycles. The summed E-state index contributed by atoms with van der Waals surface area (Å²) in [7, 11) is 0. The lowest BCUT2D eigenvalue weighted by molar-refractivity contribution is 1.12. The molecular weight excluding hydrogens is 248 g/mol. The molecule has 0 spiro atoms. The predicted molar refractivity (Wildman–Crippen MR) is 78.9 cm³/mol. The van der Waals surface area contributed by atoms with Gasteiger partial charge in [0.05, 0.1) is 22.8 Å². The van der Waals surface area contributed by atoms with Gasteiger partial charge in [0.25, 0.3) is 0 Å². The molecule has 4 nitrogen and oxygen atoms in total. The maximum atomic E-state index is 4.64. The molecule has 4 heteroatoms. The molecule has 0 radical (unpaired) electrons. The topological polar surface area (TPSA) is 34.6 Å². The minimum Gasteiger partial charge on any atom is -0.298 e. The molecular formula is C16H14N4. The van der Waals surface area contributed by atoms with Crippen LogP contribution in [-0.4, -0.2) is 18.8 Å². The molecule has 0 fully saturated rings. The molecule has 4 rings (SSSR count). The molecule has 98 valence electrons. The second-order valence-corrected chi connectivity index (χ2v) is 4.95. The van der Waals surface area contributed by atoms with Gasteiger partial charge in [-0.05, 0) is 38.1 Å². The van der Waals surface area contributed by atoms with Crippen molar-refractivity contribution in [1.82, 2.24) is 18.8 Å². The van der Waals surface area contributed by atoms with E-state index in [2.05, 4.69) is 18.8 Å². The Bertz CT molecular complexity index is 852. The Morgan fingerprint density at radius 1 is 0.700 bits per heavy atom. The largest absolute Gasteiger partial charge is 0.298 e. The Morgan fingerprint density at radius 2 is 1.15 bits per heavy atom. The van der Waals surface area contributed by atoms with E-state index >= 15 is 0 Å². The van der Waals surface area contributed by atoms with Crippen LogP contribution in [0.25, 0.3) is 22.7 Å². The summed E-state index contributed by atoms with van der Waals surface area (Å²) in [5, 5.41) is 0. The van der Waals surface area contributed by atoms with Crippen LogP contribution in [0.1, 0.15) is 11.4 Å². The van der Waals surface area contributed by atoms with Gasteiger partial charge in [-0.1, -0.05) is 12.1 Å². The van der Waals surface area contributed by atoms with Gasteiger partial charge in [0.2, 0.25) is 0 Å². The maximum Gasteiger partial charge on any atom is 0.137 e. The van der Waals surface area contributed by atoms with Gasteiger partial charge in [-0.2, -0.15) is 0 Å². The van der Waals surface area contributed by atoms with Gasteiger partial charge in [-0.15, -0.1) is 0 Å². The van der Waals surface area contributed by atoms with Crippen LogP contribution in [0.5, 0.6) is 0 Å². The van der Waals surface area contributed by atoms with E-state index < -0.39 is 0 Å². The van der Waals surface area contributed by atoms with Gasteiger partial charge < -0.3 is 0 Å². The first-order valence-corrected chi connectivity index (χ1v) is 6.63. The molecule has 0 amide bonds. The Labute approximate surface area is 116 Å². The van der Waals surface area contributed by atoms with E-state index in [0.717, 1.165) is 34.1 Å². The summed E-state index contributed by atoms with van der Waals surface area (Å²) in [5.41, 5.74) is 6.18. The molecule has 0 N–H and O–H groups in total. The van der Waals surface area contributed by atoms with Gasteiger partial charge in [0.1, 0.15) is 11.3 Å². The molecule has 0 aromatic carbocycles. The first kappa shape index (κ1) is 11.2. The second-order valence-electron chi connectivity index (χ2n) is 4.95. The summed E-state index contributed by atoms with van der Waals surface area (Å²) < 4.78 is 4.25. The lowest BCUT2D eigenvalue weighted by atomic mass is 10.2. The zero-order valence-corrected chi connectivity index (χ0v) is 11.4. The van der Waals surface area contributed by atoms with Gasteiger partial charge >= 0.3 is 0 Å². The second kappa shape index (κ2) is 3.93. The minimum absolute atomic E-state index is 0.963. The highest BCUT2D eigenvalue weighted by molar-refractivity contribution is 5.69. The lowest BCUT2D eigenvalue weighted by Crippen LogP contribution is -1.94. The quantitative estimate of drug-likeness (QED) is 0.527. The van der Waals surface area contributed by atoms with Gasteiger partial charge in [0.15, 0.2) is 0 Å². The zero-order valence-electron chi connectivity index (χ0n) is 11.4. The molecule has 0 aliphatic heterocycles. The van der Waals surface area contributed by atoms with Crippen molar-refractivity contribution in [3.8, 4) is 11.4 Å². The number of pyridine rings is 2. The smallest absolute Gasteiger partial charge is 0.137 e. The molecule has 0 saturated heterocycles. The molecule has 4 aromatic rings. The van der Waals surface area contributed by atoms with Crippen molar-refractivity contribution < 1.29 is 0 Å². The lowest BCUT2D eigenvalue weighted by Gasteiger charge is -2.04. The highest BCUT2D eigenvalue weighted by Gasteiger charge is 2.17. The Kier molecular flexibility index (Phi) is 2.21. The average molecular weight is 262 g/mol. The molecule has 0 atom stereocenters. The molecule has 20 heavy (non-hydrogen) atoms. The van der Waals surface area contributed by atoms with Crippen LogP contribution in [0.4, 0.5) is 0 Å². The molecule has 4 heterocycles. The standard InChI is InChI=1S/C16H14N4/c1-11-15(19-9-5-3-7-13(19)17-11)16-12(2)18-14-8-4-6-10-20(14)16/h3-10H,1-2H3. The average Bonchev–Trinajstić information content (AvgIpc) is 2.94. The van der Waals surface area contributed by atoms with Crippen LogP contribution >= 0.6 is 0 Å². The molecule has 0 bridgehead atoms. The number of hydrogen-bond donors (Lipinski definition) is 0. The van der Waals surface area contributed by atoms with Crippen molar-refractivity contribution in [2.75, 3.05) is 0 Å². The minimum atomic E-state index is 0.963. The number of imidazole rings is 2. The number of hydrogen-bond acceptors (Lipinski definition) is 2. The van der Waals surface area contributed by atoms with Crippen molar-refractivity contribution in [1.29, 1.82) is 0 Å². The van der Waals surface area contributed by atoms with Crippen molar-refractivity contribution in [2.24, 2.45) is 0 Å². The van der Waals surface area contributed by atoms with Crippen molar-refractivity contribution in [3.05, 3.63) is 60.2 Å². The summed E-state index contributed by atoms with van der Waals surface area (Å²) >= 11 is 0.